The molecule has 0 bridgehead atoms. The molecule has 17 heavy (non-hydrogen) atoms. The fourth-order valence-electron chi connectivity index (χ4n) is 1.34. The number of aromatic nitrogens is 1. The molecule has 1 heterocycles. The molecule has 0 fully saturated rings. The smallest absolute Gasteiger partial charge is 0.253 e. The van der Waals surface area contributed by atoms with Crippen LogP contribution in [-0.2, 0) is 0 Å². The van der Waals surface area contributed by atoms with E-state index in [1.807, 2.05) is 13.2 Å². The Hall–Kier alpha value is -0.940. The van der Waals surface area contributed by atoms with Crippen molar-refractivity contribution < 1.29 is 4.79 Å². The van der Waals surface area contributed by atoms with Crippen LogP contribution in [0.5, 0.6) is 0 Å². The van der Waals surface area contributed by atoms with E-state index in [0.717, 1.165) is 5.75 Å². The Morgan fingerprint density at radius 2 is 2.35 bits per heavy atom. The minimum absolute atomic E-state index is 0.125. The minimum Gasteiger partial charge on any atom is -0.372 e. The average Bonchev–Trinajstić information content (AvgIpc) is 2.29. The predicted octanol–water partition coefficient (Wildman–Crippen LogP) is 2.26. The summed E-state index contributed by atoms with van der Waals surface area (Å²) in [7, 11) is 1.73. The number of thioether (sulfide) groups is 1. The molecule has 0 aliphatic heterocycles. The Labute approximate surface area is 111 Å². The fourth-order valence-corrected chi connectivity index (χ4v) is 2.19. The molecule has 2 N–H and O–H groups in total. The van der Waals surface area contributed by atoms with E-state index in [0.29, 0.717) is 16.4 Å². The van der Waals surface area contributed by atoms with Gasteiger partial charge in [-0.3, -0.25) is 4.79 Å². The SMILES string of the molecule is CNc1ncc(C(=O)NC(C)CSC)cc1Cl. The molecule has 1 amide bonds. The van der Waals surface area contributed by atoms with E-state index in [1.54, 1.807) is 24.9 Å². The number of hydrogen-bond acceptors (Lipinski definition) is 4. The second kappa shape index (κ2) is 6.71. The second-order valence-electron chi connectivity index (χ2n) is 3.63. The molecule has 0 radical (unpaired) electrons. The van der Waals surface area contributed by atoms with Crippen LogP contribution in [0.25, 0.3) is 0 Å². The molecule has 0 saturated carbocycles. The van der Waals surface area contributed by atoms with Gasteiger partial charge in [-0.1, -0.05) is 11.6 Å². The number of pyridine rings is 1. The van der Waals surface area contributed by atoms with Crippen molar-refractivity contribution in [2.75, 3.05) is 24.4 Å². The van der Waals surface area contributed by atoms with Crippen LogP contribution in [0.15, 0.2) is 12.3 Å². The third-order valence-corrected chi connectivity index (χ3v) is 3.26. The zero-order valence-corrected chi connectivity index (χ0v) is 11.7. The normalized spacial score (nSPS) is 12.0. The van der Waals surface area contributed by atoms with Crippen LogP contribution < -0.4 is 10.6 Å². The number of nitrogens with zero attached hydrogens (tertiary/aromatic N) is 1. The Bertz CT molecular complexity index is 400. The van der Waals surface area contributed by atoms with Gasteiger partial charge in [0.25, 0.3) is 5.91 Å². The van der Waals surface area contributed by atoms with Gasteiger partial charge in [0.1, 0.15) is 5.82 Å². The Morgan fingerprint density at radius 3 is 2.88 bits per heavy atom. The van der Waals surface area contributed by atoms with E-state index in [-0.39, 0.29) is 11.9 Å². The van der Waals surface area contributed by atoms with Crippen LogP contribution >= 0.6 is 23.4 Å². The van der Waals surface area contributed by atoms with E-state index in [9.17, 15) is 4.79 Å². The Balaban J connectivity index is 2.72. The molecule has 1 atom stereocenters. The van der Waals surface area contributed by atoms with Gasteiger partial charge in [0.05, 0.1) is 10.6 Å². The van der Waals surface area contributed by atoms with Gasteiger partial charge in [-0.25, -0.2) is 4.98 Å². The van der Waals surface area contributed by atoms with Gasteiger partial charge in [-0.15, -0.1) is 0 Å². The molecular formula is C11H16ClN3OS. The lowest BCUT2D eigenvalue weighted by molar-refractivity contribution is 0.0943. The predicted molar refractivity (Wildman–Crippen MR) is 74.1 cm³/mol. The molecule has 4 nitrogen and oxygen atoms in total. The van der Waals surface area contributed by atoms with Gasteiger partial charge in [-0.05, 0) is 19.2 Å². The lowest BCUT2D eigenvalue weighted by Gasteiger charge is -2.12. The summed E-state index contributed by atoms with van der Waals surface area (Å²) in [6, 6.07) is 1.74. The van der Waals surface area contributed by atoms with Crippen LogP contribution in [-0.4, -0.2) is 36.0 Å². The van der Waals surface area contributed by atoms with Gasteiger partial charge in [0.2, 0.25) is 0 Å². The summed E-state index contributed by atoms with van der Waals surface area (Å²) in [5.41, 5.74) is 0.474. The first-order chi connectivity index (χ1) is 8.08. The molecule has 0 aliphatic rings. The second-order valence-corrected chi connectivity index (χ2v) is 4.95. The van der Waals surface area contributed by atoms with E-state index >= 15 is 0 Å². The molecule has 0 aromatic carbocycles. The number of rotatable bonds is 5. The van der Waals surface area contributed by atoms with Crippen molar-refractivity contribution in [1.29, 1.82) is 0 Å². The van der Waals surface area contributed by atoms with Crippen LogP contribution in [0.3, 0.4) is 0 Å². The van der Waals surface area contributed by atoms with Crippen molar-refractivity contribution in [3.8, 4) is 0 Å². The zero-order chi connectivity index (χ0) is 12.8. The van der Waals surface area contributed by atoms with Crippen molar-refractivity contribution in [1.82, 2.24) is 10.3 Å². The monoisotopic (exact) mass is 273 g/mol. The van der Waals surface area contributed by atoms with Gasteiger partial charge in [-0.2, -0.15) is 11.8 Å². The number of carbonyl (C=O) groups is 1. The lowest BCUT2D eigenvalue weighted by atomic mass is 10.2. The summed E-state index contributed by atoms with van der Waals surface area (Å²) < 4.78 is 0. The topological polar surface area (TPSA) is 54.0 Å². The summed E-state index contributed by atoms with van der Waals surface area (Å²) in [5, 5.41) is 6.17. The van der Waals surface area contributed by atoms with E-state index < -0.39 is 0 Å². The van der Waals surface area contributed by atoms with Gasteiger partial charge in [0.15, 0.2) is 0 Å². The zero-order valence-electron chi connectivity index (χ0n) is 10.1. The highest BCUT2D eigenvalue weighted by Gasteiger charge is 2.11. The maximum absolute atomic E-state index is 11.8. The Kier molecular flexibility index (Phi) is 5.58. The number of hydrogen-bond donors (Lipinski definition) is 2. The van der Waals surface area contributed by atoms with Gasteiger partial charge < -0.3 is 10.6 Å². The number of anilines is 1. The number of amides is 1. The quantitative estimate of drug-likeness (QED) is 0.864. The van der Waals surface area contributed by atoms with Gasteiger partial charge >= 0.3 is 0 Å². The van der Waals surface area contributed by atoms with E-state index in [1.165, 1.54) is 6.20 Å². The molecule has 0 saturated heterocycles. The number of nitrogens with one attached hydrogen (secondary N) is 2. The van der Waals surface area contributed by atoms with Crippen LogP contribution in [0.4, 0.5) is 5.82 Å². The van der Waals surface area contributed by atoms with Crippen LogP contribution in [0.2, 0.25) is 5.02 Å². The maximum Gasteiger partial charge on any atom is 0.253 e. The highest BCUT2D eigenvalue weighted by Crippen LogP contribution is 2.19. The lowest BCUT2D eigenvalue weighted by Crippen LogP contribution is -2.34. The molecule has 0 aliphatic carbocycles. The largest absolute Gasteiger partial charge is 0.372 e. The van der Waals surface area contributed by atoms with Crippen molar-refractivity contribution in [2.24, 2.45) is 0 Å². The molecule has 1 rings (SSSR count). The third kappa shape index (κ3) is 4.09. The van der Waals surface area contributed by atoms with E-state index in [4.69, 9.17) is 11.6 Å². The maximum atomic E-state index is 11.8. The molecular weight excluding hydrogens is 258 g/mol. The van der Waals surface area contributed by atoms with Crippen molar-refractivity contribution in [3.05, 3.63) is 22.8 Å². The van der Waals surface area contributed by atoms with Crippen LogP contribution in [0, 0.1) is 0 Å². The minimum atomic E-state index is -0.149. The number of halogens is 1. The van der Waals surface area contributed by atoms with Crippen molar-refractivity contribution in [2.45, 2.75) is 13.0 Å². The van der Waals surface area contributed by atoms with Gasteiger partial charge in [0, 0.05) is 25.0 Å². The molecule has 6 heteroatoms. The molecule has 1 unspecified atom stereocenters. The van der Waals surface area contributed by atoms with Crippen LogP contribution in [0.1, 0.15) is 17.3 Å². The summed E-state index contributed by atoms with van der Waals surface area (Å²) >= 11 is 7.65. The van der Waals surface area contributed by atoms with Crippen molar-refractivity contribution in [3.63, 3.8) is 0 Å². The standard InChI is InChI=1S/C11H16ClN3OS/c1-7(6-17-3)15-11(16)8-4-9(12)10(13-2)14-5-8/h4-5,7H,6H2,1-3H3,(H,13,14)(H,15,16). The highest BCUT2D eigenvalue weighted by atomic mass is 35.5. The first-order valence-electron chi connectivity index (χ1n) is 5.21. The molecule has 0 spiro atoms. The molecule has 1 aromatic heterocycles. The first kappa shape index (κ1) is 14.1. The Morgan fingerprint density at radius 1 is 1.65 bits per heavy atom. The first-order valence-corrected chi connectivity index (χ1v) is 6.98. The van der Waals surface area contributed by atoms with E-state index in [2.05, 4.69) is 15.6 Å². The summed E-state index contributed by atoms with van der Waals surface area (Å²) in [6.07, 6.45) is 3.52. The van der Waals surface area contributed by atoms with Crippen molar-refractivity contribution >= 4 is 35.1 Å². The molecule has 1 aromatic rings. The number of carbonyl (C=O) groups excluding carboxylic acids is 1. The average molecular weight is 274 g/mol. The third-order valence-electron chi connectivity index (χ3n) is 2.13. The summed E-state index contributed by atoms with van der Waals surface area (Å²) in [5.74, 6) is 1.30. The molecule has 94 valence electrons. The summed E-state index contributed by atoms with van der Waals surface area (Å²) in [4.78, 5) is 15.9. The summed E-state index contributed by atoms with van der Waals surface area (Å²) in [6.45, 7) is 1.96. The fraction of sp³-hybridized carbons (Fsp3) is 0.455. The highest BCUT2D eigenvalue weighted by molar-refractivity contribution is 7.98.